The summed E-state index contributed by atoms with van der Waals surface area (Å²) in [5.41, 5.74) is 3.36. The lowest BCUT2D eigenvalue weighted by molar-refractivity contribution is 0.111. The molecule has 0 spiro atoms. The van der Waals surface area contributed by atoms with E-state index in [0.717, 1.165) is 28.9 Å². The monoisotopic (exact) mass is 230 g/mol. The maximum atomic E-state index is 10.7. The molecule has 0 aliphatic rings. The average Bonchev–Trinajstić information content (AvgIpc) is 2.70. The predicted octanol–water partition coefficient (Wildman–Crippen LogP) is 2.22. The van der Waals surface area contributed by atoms with Crippen molar-refractivity contribution in [2.75, 3.05) is 7.11 Å². The zero-order chi connectivity index (χ0) is 12.4. The van der Waals surface area contributed by atoms with Crippen molar-refractivity contribution in [3.63, 3.8) is 0 Å². The van der Waals surface area contributed by atoms with Crippen LogP contribution in [-0.4, -0.2) is 23.2 Å². The van der Waals surface area contributed by atoms with Crippen molar-refractivity contribution in [1.82, 2.24) is 9.78 Å². The van der Waals surface area contributed by atoms with Crippen LogP contribution in [0.5, 0.6) is 5.75 Å². The molecule has 2 aromatic rings. The second kappa shape index (κ2) is 4.41. The van der Waals surface area contributed by atoms with E-state index in [4.69, 9.17) is 4.74 Å². The Morgan fingerprint density at radius 2 is 2.12 bits per heavy atom. The number of aryl methyl sites for hydroxylation is 2. The van der Waals surface area contributed by atoms with Gasteiger partial charge in [0.15, 0.2) is 6.29 Å². The predicted molar refractivity (Wildman–Crippen MR) is 65.3 cm³/mol. The molecule has 2 rings (SSSR count). The first-order valence-electron chi connectivity index (χ1n) is 5.30. The smallest absolute Gasteiger partial charge is 0.170 e. The summed E-state index contributed by atoms with van der Waals surface area (Å²) in [6.45, 7) is 2.01. The summed E-state index contributed by atoms with van der Waals surface area (Å²) in [6, 6.07) is 7.67. The minimum Gasteiger partial charge on any atom is -0.496 e. The molecule has 0 saturated heterocycles. The maximum absolute atomic E-state index is 10.7. The van der Waals surface area contributed by atoms with E-state index in [1.165, 1.54) is 0 Å². The fourth-order valence-electron chi connectivity index (χ4n) is 1.82. The van der Waals surface area contributed by atoms with E-state index in [0.29, 0.717) is 5.69 Å². The number of benzene rings is 1. The highest BCUT2D eigenvalue weighted by Crippen LogP contribution is 2.30. The number of aromatic nitrogens is 2. The lowest BCUT2D eigenvalue weighted by Crippen LogP contribution is -1.96. The molecule has 4 heteroatoms. The highest BCUT2D eigenvalue weighted by Gasteiger charge is 2.11. The average molecular weight is 230 g/mol. The normalized spacial score (nSPS) is 10.3. The third kappa shape index (κ3) is 2.06. The number of methoxy groups -OCH3 is 1. The third-order valence-electron chi connectivity index (χ3n) is 2.65. The first-order chi connectivity index (χ1) is 8.15. The third-order valence-corrected chi connectivity index (χ3v) is 2.65. The van der Waals surface area contributed by atoms with Crippen LogP contribution in [-0.2, 0) is 7.05 Å². The van der Waals surface area contributed by atoms with Crippen molar-refractivity contribution in [3.05, 3.63) is 35.5 Å². The SMILES string of the molecule is COc1ccc(C)cc1-c1cc(C=O)nn1C. The van der Waals surface area contributed by atoms with Gasteiger partial charge in [-0.25, -0.2) is 0 Å². The Hall–Kier alpha value is -2.10. The van der Waals surface area contributed by atoms with Crippen LogP contribution in [0.25, 0.3) is 11.3 Å². The van der Waals surface area contributed by atoms with Gasteiger partial charge in [0.25, 0.3) is 0 Å². The number of hydrogen-bond donors (Lipinski definition) is 0. The molecule has 0 atom stereocenters. The van der Waals surface area contributed by atoms with Crippen LogP contribution in [0.15, 0.2) is 24.3 Å². The summed E-state index contributed by atoms with van der Waals surface area (Å²) in [5.74, 6) is 0.774. The van der Waals surface area contributed by atoms with Crippen molar-refractivity contribution in [3.8, 4) is 17.0 Å². The first kappa shape index (κ1) is 11.4. The summed E-state index contributed by atoms with van der Waals surface area (Å²) in [4.78, 5) is 10.7. The van der Waals surface area contributed by atoms with Crippen molar-refractivity contribution in [2.24, 2.45) is 7.05 Å². The van der Waals surface area contributed by atoms with E-state index in [1.54, 1.807) is 17.9 Å². The molecule has 0 aliphatic carbocycles. The van der Waals surface area contributed by atoms with Gasteiger partial charge < -0.3 is 4.74 Å². The fourth-order valence-corrected chi connectivity index (χ4v) is 1.82. The van der Waals surface area contributed by atoms with Crippen molar-refractivity contribution < 1.29 is 9.53 Å². The van der Waals surface area contributed by atoms with Gasteiger partial charge in [-0.1, -0.05) is 11.6 Å². The van der Waals surface area contributed by atoms with Crippen molar-refractivity contribution in [1.29, 1.82) is 0 Å². The van der Waals surface area contributed by atoms with Gasteiger partial charge in [-0.3, -0.25) is 9.48 Å². The van der Waals surface area contributed by atoms with Gasteiger partial charge in [0.2, 0.25) is 0 Å². The minimum absolute atomic E-state index is 0.422. The molecular formula is C13H14N2O2. The van der Waals surface area contributed by atoms with Crippen molar-refractivity contribution >= 4 is 6.29 Å². The molecule has 17 heavy (non-hydrogen) atoms. The van der Waals surface area contributed by atoms with Gasteiger partial charge in [0.1, 0.15) is 11.4 Å². The number of carbonyl (C=O) groups excluding carboxylic acids is 1. The lowest BCUT2D eigenvalue weighted by atomic mass is 10.1. The van der Waals surface area contributed by atoms with E-state index in [9.17, 15) is 4.79 Å². The van der Waals surface area contributed by atoms with Gasteiger partial charge in [-0.15, -0.1) is 0 Å². The molecule has 1 heterocycles. The Morgan fingerprint density at radius 1 is 1.35 bits per heavy atom. The number of hydrogen-bond acceptors (Lipinski definition) is 3. The molecule has 0 fully saturated rings. The summed E-state index contributed by atoms with van der Waals surface area (Å²) in [6.07, 6.45) is 0.742. The summed E-state index contributed by atoms with van der Waals surface area (Å²) in [7, 11) is 3.44. The Bertz CT molecular complexity index is 559. The van der Waals surface area contributed by atoms with Crippen LogP contribution in [0, 0.1) is 6.92 Å². The summed E-state index contributed by atoms with van der Waals surface area (Å²) >= 11 is 0. The molecule has 0 bridgehead atoms. The number of rotatable bonds is 3. The second-order valence-corrected chi connectivity index (χ2v) is 3.90. The number of aldehydes is 1. The minimum atomic E-state index is 0.422. The highest BCUT2D eigenvalue weighted by atomic mass is 16.5. The second-order valence-electron chi connectivity index (χ2n) is 3.90. The van der Waals surface area contributed by atoms with Crippen LogP contribution in [0.2, 0.25) is 0 Å². The van der Waals surface area contributed by atoms with Crippen LogP contribution >= 0.6 is 0 Å². The molecule has 88 valence electrons. The molecule has 1 aromatic carbocycles. The van der Waals surface area contributed by atoms with Gasteiger partial charge in [0, 0.05) is 12.6 Å². The van der Waals surface area contributed by atoms with Gasteiger partial charge >= 0.3 is 0 Å². The van der Waals surface area contributed by atoms with Gasteiger partial charge in [0.05, 0.1) is 12.8 Å². The standard InChI is InChI=1S/C13H14N2O2/c1-9-4-5-13(17-3)11(6-9)12-7-10(8-16)14-15(12)2/h4-8H,1-3H3. The van der Waals surface area contributed by atoms with E-state index in [2.05, 4.69) is 5.10 Å². The number of ether oxygens (including phenoxy) is 1. The highest BCUT2D eigenvalue weighted by molar-refractivity contribution is 5.77. The molecule has 4 nitrogen and oxygen atoms in total. The largest absolute Gasteiger partial charge is 0.496 e. The molecule has 0 aliphatic heterocycles. The summed E-state index contributed by atoms with van der Waals surface area (Å²) < 4.78 is 7.00. The first-order valence-corrected chi connectivity index (χ1v) is 5.30. The zero-order valence-corrected chi connectivity index (χ0v) is 10.1. The molecule has 0 radical (unpaired) electrons. The molecule has 0 N–H and O–H groups in total. The van der Waals surface area contributed by atoms with Gasteiger partial charge in [-0.05, 0) is 25.1 Å². The van der Waals surface area contributed by atoms with E-state index in [-0.39, 0.29) is 0 Å². The molecule has 0 saturated carbocycles. The van der Waals surface area contributed by atoms with Crippen molar-refractivity contribution in [2.45, 2.75) is 6.92 Å². The Morgan fingerprint density at radius 3 is 2.71 bits per heavy atom. The molecular weight excluding hydrogens is 216 g/mol. The lowest BCUT2D eigenvalue weighted by Gasteiger charge is -2.09. The van der Waals surface area contributed by atoms with Crippen LogP contribution in [0.3, 0.4) is 0 Å². The van der Waals surface area contributed by atoms with E-state index < -0.39 is 0 Å². The van der Waals surface area contributed by atoms with Crippen LogP contribution in [0.1, 0.15) is 16.1 Å². The Labute approximate surface area is 99.8 Å². The molecule has 0 amide bonds. The zero-order valence-electron chi connectivity index (χ0n) is 10.1. The quantitative estimate of drug-likeness (QED) is 0.759. The number of nitrogens with zero attached hydrogens (tertiary/aromatic N) is 2. The molecule has 1 aromatic heterocycles. The number of carbonyl (C=O) groups is 1. The molecule has 0 unspecified atom stereocenters. The van der Waals surface area contributed by atoms with E-state index >= 15 is 0 Å². The van der Waals surface area contributed by atoms with E-state index in [1.807, 2.05) is 32.2 Å². The Kier molecular flexibility index (Phi) is 2.95. The van der Waals surface area contributed by atoms with Crippen LogP contribution in [0.4, 0.5) is 0 Å². The maximum Gasteiger partial charge on any atom is 0.170 e. The topological polar surface area (TPSA) is 44.1 Å². The Balaban J connectivity index is 2.61. The van der Waals surface area contributed by atoms with Crippen LogP contribution < -0.4 is 4.74 Å². The fraction of sp³-hybridized carbons (Fsp3) is 0.231. The summed E-state index contributed by atoms with van der Waals surface area (Å²) in [5, 5.41) is 4.10. The van der Waals surface area contributed by atoms with Gasteiger partial charge in [-0.2, -0.15) is 5.10 Å².